The Morgan fingerprint density at radius 1 is 1.13 bits per heavy atom. The van der Waals surface area contributed by atoms with Gasteiger partial charge in [-0.25, -0.2) is 0 Å². The Hall–Kier alpha value is -3.08. The van der Waals surface area contributed by atoms with E-state index >= 15 is 0 Å². The highest BCUT2D eigenvalue weighted by Gasteiger charge is 2.33. The summed E-state index contributed by atoms with van der Waals surface area (Å²) in [7, 11) is 0. The minimum Gasteiger partial charge on any atom is -0.406 e. The molecule has 0 unspecified atom stereocenters. The number of alkyl halides is 3. The van der Waals surface area contributed by atoms with Crippen molar-refractivity contribution in [2.45, 2.75) is 36.9 Å². The zero-order chi connectivity index (χ0) is 21.8. The molecule has 0 saturated heterocycles. The number of amides is 1. The molecule has 31 heavy (non-hydrogen) atoms. The van der Waals surface area contributed by atoms with E-state index in [9.17, 15) is 18.0 Å². The second kappa shape index (κ2) is 8.96. The lowest BCUT2D eigenvalue weighted by Gasteiger charge is -2.22. The van der Waals surface area contributed by atoms with Gasteiger partial charge in [0.1, 0.15) is 5.75 Å². The largest absolute Gasteiger partial charge is 0.573 e. The van der Waals surface area contributed by atoms with Gasteiger partial charge in [-0.05, 0) is 53.1 Å². The van der Waals surface area contributed by atoms with Gasteiger partial charge >= 0.3 is 6.36 Å². The maximum atomic E-state index is 12.9. The molecule has 0 bridgehead atoms. The van der Waals surface area contributed by atoms with Crippen molar-refractivity contribution < 1.29 is 22.7 Å². The van der Waals surface area contributed by atoms with E-state index < -0.39 is 6.36 Å². The molecule has 3 aromatic rings. The quantitative estimate of drug-likeness (QED) is 0.487. The standard InChI is InChI=1S/C20H18F3N5O2S/c21-20(22,23)30-17-10-8-16(9-11-17)28-19(24-25-26-28)31-13-18(29)27(15-6-7-15)12-14-4-2-1-3-5-14/h1-5,8-11,15H,6-7,12-13H2. The Labute approximate surface area is 180 Å². The fourth-order valence-electron chi connectivity index (χ4n) is 3.02. The molecule has 1 aliphatic rings. The summed E-state index contributed by atoms with van der Waals surface area (Å²) in [6, 6.07) is 15.2. The number of nitrogens with zero attached hydrogens (tertiary/aromatic N) is 5. The van der Waals surface area contributed by atoms with Crippen LogP contribution in [0.3, 0.4) is 0 Å². The fraction of sp³-hybridized carbons (Fsp3) is 0.300. The predicted octanol–water partition coefficient (Wildman–Crippen LogP) is 3.84. The lowest BCUT2D eigenvalue weighted by atomic mass is 10.2. The van der Waals surface area contributed by atoms with Crippen LogP contribution in [0.15, 0.2) is 59.8 Å². The Balaban J connectivity index is 1.40. The summed E-state index contributed by atoms with van der Waals surface area (Å²) in [5.74, 6) is -0.201. The van der Waals surface area contributed by atoms with Crippen molar-refractivity contribution in [3.8, 4) is 11.4 Å². The number of hydrogen-bond acceptors (Lipinski definition) is 6. The molecule has 4 rings (SSSR count). The summed E-state index contributed by atoms with van der Waals surface area (Å²) in [4.78, 5) is 14.7. The first-order valence-corrected chi connectivity index (χ1v) is 10.5. The number of rotatable bonds is 8. The van der Waals surface area contributed by atoms with Crippen LogP contribution in [0.2, 0.25) is 0 Å². The average Bonchev–Trinajstić information content (AvgIpc) is 3.47. The topological polar surface area (TPSA) is 73.1 Å². The molecule has 0 spiro atoms. The highest BCUT2D eigenvalue weighted by molar-refractivity contribution is 7.99. The van der Waals surface area contributed by atoms with E-state index in [0.717, 1.165) is 18.4 Å². The first-order valence-electron chi connectivity index (χ1n) is 9.50. The number of tetrazole rings is 1. The van der Waals surface area contributed by atoms with Gasteiger partial charge in [-0.2, -0.15) is 4.68 Å². The first kappa shape index (κ1) is 21.2. The Kier molecular flexibility index (Phi) is 6.12. The highest BCUT2D eigenvalue weighted by Crippen LogP contribution is 2.30. The van der Waals surface area contributed by atoms with E-state index in [1.54, 1.807) is 0 Å². The van der Waals surface area contributed by atoms with Gasteiger partial charge in [-0.15, -0.1) is 18.3 Å². The first-order chi connectivity index (χ1) is 14.9. The molecule has 162 valence electrons. The molecule has 1 amide bonds. The number of halogens is 3. The van der Waals surface area contributed by atoms with Gasteiger partial charge in [-0.3, -0.25) is 4.79 Å². The van der Waals surface area contributed by atoms with Gasteiger partial charge in [-0.1, -0.05) is 42.1 Å². The van der Waals surface area contributed by atoms with E-state index in [2.05, 4.69) is 20.3 Å². The molecule has 1 heterocycles. The normalized spacial score (nSPS) is 13.8. The van der Waals surface area contributed by atoms with E-state index in [0.29, 0.717) is 17.4 Å². The van der Waals surface area contributed by atoms with Crippen LogP contribution < -0.4 is 4.74 Å². The number of benzene rings is 2. The van der Waals surface area contributed by atoms with E-state index in [-0.39, 0.29) is 23.5 Å². The van der Waals surface area contributed by atoms with Gasteiger partial charge in [0.2, 0.25) is 11.1 Å². The average molecular weight is 449 g/mol. The molecule has 0 radical (unpaired) electrons. The van der Waals surface area contributed by atoms with E-state index in [1.165, 1.54) is 40.7 Å². The second-order valence-electron chi connectivity index (χ2n) is 6.94. The maximum Gasteiger partial charge on any atom is 0.573 e. The van der Waals surface area contributed by atoms with Crippen molar-refractivity contribution in [2.75, 3.05) is 5.75 Å². The Morgan fingerprint density at radius 2 is 1.84 bits per heavy atom. The van der Waals surface area contributed by atoms with Crippen LogP contribution in [0.1, 0.15) is 18.4 Å². The van der Waals surface area contributed by atoms with E-state index in [4.69, 9.17) is 0 Å². The third-order valence-corrected chi connectivity index (χ3v) is 5.49. The molecule has 1 fully saturated rings. The summed E-state index contributed by atoms with van der Waals surface area (Å²) in [6.45, 7) is 0.552. The van der Waals surface area contributed by atoms with Gasteiger partial charge in [0.05, 0.1) is 11.4 Å². The number of ether oxygens (including phenoxy) is 1. The maximum absolute atomic E-state index is 12.9. The lowest BCUT2D eigenvalue weighted by molar-refractivity contribution is -0.274. The van der Waals surface area contributed by atoms with Gasteiger partial charge in [0, 0.05) is 12.6 Å². The molecule has 1 aromatic heterocycles. The third kappa shape index (κ3) is 5.75. The van der Waals surface area contributed by atoms with Crippen LogP contribution in [0, 0.1) is 0 Å². The Bertz CT molecular complexity index is 1020. The molecule has 2 aromatic carbocycles. The monoisotopic (exact) mass is 449 g/mol. The zero-order valence-corrected chi connectivity index (χ0v) is 17.0. The third-order valence-electron chi connectivity index (χ3n) is 4.58. The number of carbonyl (C=O) groups excluding carboxylic acids is 1. The molecule has 1 aliphatic carbocycles. The Morgan fingerprint density at radius 3 is 2.48 bits per heavy atom. The second-order valence-corrected chi connectivity index (χ2v) is 7.88. The van der Waals surface area contributed by atoms with Crippen LogP contribution in [0.25, 0.3) is 5.69 Å². The van der Waals surface area contributed by atoms with E-state index in [1.807, 2.05) is 35.2 Å². The van der Waals surface area contributed by atoms with Crippen molar-refractivity contribution in [2.24, 2.45) is 0 Å². The number of aromatic nitrogens is 4. The summed E-state index contributed by atoms with van der Waals surface area (Å²) in [5, 5.41) is 11.8. The molecule has 11 heteroatoms. The minimum absolute atomic E-state index is 0.0140. The number of carbonyl (C=O) groups is 1. The van der Waals surface area contributed by atoms with Crippen LogP contribution in [0.4, 0.5) is 13.2 Å². The zero-order valence-electron chi connectivity index (χ0n) is 16.2. The lowest BCUT2D eigenvalue weighted by Crippen LogP contribution is -2.34. The van der Waals surface area contributed by atoms with Gasteiger partial charge < -0.3 is 9.64 Å². The summed E-state index contributed by atoms with van der Waals surface area (Å²) >= 11 is 1.18. The van der Waals surface area contributed by atoms with Crippen molar-refractivity contribution in [3.05, 3.63) is 60.2 Å². The molecule has 1 saturated carbocycles. The van der Waals surface area contributed by atoms with Crippen molar-refractivity contribution >= 4 is 17.7 Å². The smallest absolute Gasteiger partial charge is 0.406 e. The van der Waals surface area contributed by atoms with Crippen LogP contribution >= 0.6 is 11.8 Å². The number of thioether (sulfide) groups is 1. The van der Waals surface area contributed by atoms with Gasteiger partial charge in [0.25, 0.3) is 0 Å². The summed E-state index contributed by atoms with van der Waals surface area (Å²) < 4.78 is 42.2. The summed E-state index contributed by atoms with van der Waals surface area (Å²) in [5.41, 5.74) is 1.52. The van der Waals surface area contributed by atoms with Crippen LogP contribution in [-0.2, 0) is 11.3 Å². The predicted molar refractivity (Wildman–Crippen MR) is 107 cm³/mol. The molecule has 0 aliphatic heterocycles. The molecule has 0 N–H and O–H groups in total. The van der Waals surface area contributed by atoms with Crippen molar-refractivity contribution in [3.63, 3.8) is 0 Å². The van der Waals surface area contributed by atoms with Crippen molar-refractivity contribution in [1.82, 2.24) is 25.1 Å². The highest BCUT2D eigenvalue weighted by atomic mass is 32.2. The summed E-state index contributed by atoms with van der Waals surface area (Å²) in [6.07, 6.45) is -2.77. The molecule has 7 nitrogen and oxygen atoms in total. The fourth-order valence-corrected chi connectivity index (χ4v) is 3.79. The van der Waals surface area contributed by atoms with Crippen molar-refractivity contribution in [1.29, 1.82) is 0 Å². The molecule has 0 atom stereocenters. The molecular formula is C20H18F3N5O2S. The SMILES string of the molecule is O=C(CSc1nnnn1-c1ccc(OC(F)(F)F)cc1)N(Cc1ccccc1)C1CC1. The minimum atomic E-state index is -4.76. The van der Waals surface area contributed by atoms with Gasteiger partial charge in [0.15, 0.2) is 0 Å². The van der Waals surface area contributed by atoms with Crippen LogP contribution in [0.5, 0.6) is 5.75 Å². The molecular weight excluding hydrogens is 431 g/mol. The number of hydrogen-bond donors (Lipinski definition) is 0. The van der Waals surface area contributed by atoms with Crippen LogP contribution in [-0.4, -0.2) is 49.2 Å².